The van der Waals surface area contributed by atoms with Gasteiger partial charge in [-0.1, -0.05) is 13.8 Å². The van der Waals surface area contributed by atoms with Crippen molar-refractivity contribution >= 4 is 29.2 Å². The number of rotatable bonds is 6. The SMILES string of the molecule is CC(C)CC(Nc1nc(-c2ccns2)c2c(c1F)CNC2=O)C(N)=O. The lowest BCUT2D eigenvalue weighted by Gasteiger charge is -2.19. The van der Waals surface area contributed by atoms with Gasteiger partial charge in [0, 0.05) is 18.3 Å². The van der Waals surface area contributed by atoms with Crippen molar-refractivity contribution in [3.63, 3.8) is 0 Å². The largest absolute Gasteiger partial charge is 0.368 e. The Morgan fingerprint density at radius 3 is 2.88 bits per heavy atom. The number of halogens is 1. The van der Waals surface area contributed by atoms with Crippen LogP contribution in [0.25, 0.3) is 10.6 Å². The first-order valence-electron chi connectivity index (χ1n) is 7.86. The average molecular weight is 363 g/mol. The van der Waals surface area contributed by atoms with Gasteiger partial charge in [0.15, 0.2) is 11.6 Å². The molecular formula is C16H18FN5O2S. The summed E-state index contributed by atoms with van der Waals surface area (Å²) in [6.07, 6.45) is 2.03. The topological polar surface area (TPSA) is 110 Å². The molecule has 25 heavy (non-hydrogen) atoms. The molecule has 132 valence electrons. The Kier molecular flexibility index (Phi) is 4.67. The summed E-state index contributed by atoms with van der Waals surface area (Å²) in [4.78, 5) is 28.7. The Bertz CT molecular complexity index is 822. The normalized spacial score (nSPS) is 14.3. The number of hydrogen-bond donors (Lipinski definition) is 3. The molecule has 3 rings (SSSR count). The van der Waals surface area contributed by atoms with E-state index in [-0.39, 0.29) is 35.3 Å². The number of aromatic nitrogens is 2. The summed E-state index contributed by atoms with van der Waals surface area (Å²) in [6, 6.07) is 0.958. The molecular weight excluding hydrogens is 345 g/mol. The number of pyridine rings is 1. The van der Waals surface area contributed by atoms with Crippen molar-refractivity contribution in [3.05, 3.63) is 29.2 Å². The number of nitrogens with two attached hydrogens (primary N) is 1. The van der Waals surface area contributed by atoms with E-state index in [1.54, 1.807) is 12.3 Å². The van der Waals surface area contributed by atoms with Gasteiger partial charge in [0.1, 0.15) is 6.04 Å². The van der Waals surface area contributed by atoms with E-state index >= 15 is 0 Å². The highest BCUT2D eigenvalue weighted by molar-refractivity contribution is 7.09. The molecule has 4 N–H and O–H groups in total. The molecule has 2 aromatic rings. The lowest BCUT2D eigenvalue weighted by Crippen LogP contribution is -2.37. The highest BCUT2D eigenvalue weighted by Gasteiger charge is 2.31. The molecule has 0 saturated heterocycles. The standard InChI is InChI=1S/C16H18FN5O2S/c1-7(2)5-9(14(18)23)21-15-12(17)8-6-19-16(24)11(8)13(22-15)10-3-4-20-25-10/h3-4,7,9H,5-6H2,1-2H3,(H2,18,23)(H,19,24)(H,21,22). The van der Waals surface area contributed by atoms with Gasteiger partial charge in [0.05, 0.1) is 16.1 Å². The van der Waals surface area contributed by atoms with Gasteiger partial charge < -0.3 is 16.4 Å². The minimum atomic E-state index is -0.751. The van der Waals surface area contributed by atoms with Crippen molar-refractivity contribution in [2.24, 2.45) is 11.7 Å². The lowest BCUT2D eigenvalue weighted by atomic mass is 10.0. The maximum atomic E-state index is 14.8. The van der Waals surface area contributed by atoms with Crippen LogP contribution in [0, 0.1) is 11.7 Å². The highest BCUT2D eigenvalue weighted by atomic mass is 32.1. The lowest BCUT2D eigenvalue weighted by molar-refractivity contribution is -0.119. The number of nitrogens with one attached hydrogen (secondary N) is 2. The molecule has 1 atom stereocenters. The van der Waals surface area contributed by atoms with Gasteiger partial charge in [0.25, 0.3) is 5.91 Å². The van der Waals surface area contributed by atoms with Gasteiger partial charge in [-0.3, -0.25) is 9.59 Å². The molecule has 0 saturated carbocycles. The number of anilines is 1. The second-order valence-corrected chi connectivity index (χ2v) is 7.10. The van der Waals surface area contributed by atoms with Crippen molar-refractivity contribution in [1.82, 2.24) is 14.7 Å². The summed E-state index contributed by atoms with van der Waals surface area (Å²) in [7, 11) is 0. The molecule has 0 aromatic carbocycles. The number of nitrogens with zero attached hydrogens (tertiary/aromatic N) is 2. The van der Waals surface area contributed by atoms with Crippen molar-refractivity contribution in [2.75, 3.05) is 5.32 Å². The summed E-state index contributed by atoms with van der Waals surface area (Å²) in [5.74, 6) is -1.49. The first-order valence-corrected chi connectivity index (χ1v) is 8.63. The zero-order valence-electron chi connectivity index (χ0n) is 13.8. The van der Waals surface area contributed by atoms with Crippen LogP contribution in [0.1, 0.15) is 36.2 Å². The first kappa shape index (κ1) is 17.3. The van der Waals surface area contributed by atoms with Crippen molar-refractivity contribution in [1.29, 1.82) is 0 Å². The first-order chi connectivity index (χ1) is 11.9. The molecule has 0 aliphatic carbocycles. The molecule has 2 amide bonds. The van der Waals surface area contributed by atoms with E-state index in [9.17, 15) is 14.0 Å². The Morgan fingerprint density at radius 2 is 2.28 bits per heavy atom. The molecule has 0 radical (unpaired) electrons. The smallest absolute Gasteiger partial charge is 0.254 e. The molecule has 7 nitrogen and oxygen atoms in total. The van der Waals surface area contributed by atoms with E-state index in [2.05, 4.69) is 20.0 Å². The third-order valence-corrected chi connectivity index (χ3v) is 4.67. The van der Waals surface area contributed by atoms with Gasteiger partial charge in [-0.05, 0) is 29.9 Å². The van der Waals surface area contributed by atoms with Crippen LogP contribution in [0.5, 0.6) is 0 Å². The second kappa shape index (κ2) is 6.75. The molecule has 1 aliphatic heterocycles. The van der Waals surface area contributed by atoms with E-state index < -0.39 is 17.8 Å². The summed E-state index contributed by atoms with van der Waals surface area (Å²) in [5, 5.41) is 5.42. The van der Waals surface area contributed by atoms with Gasteiger partial charge in [-0.25, -0.2) is 13.7 Å². The van der Waals surface area contributed by atoms with E-state index in [4.69, 9.17) is 5.73 Å². The summed E-state index contributed by atoms with van der Waals surface area (Å²) < 4.78 is 18.9. The fourth-order valence-corrected chi connectivity index (χ4v) is 3.37. The highest BCUT2D eigenvalue weighted by Crippen LogP contribution is 2.34. The quantitative estimate of drug-likeness (QED) is 0.726. The fraction of sp³-hybridized carbons (Fsp3) is 0.375. The minimum Gasteiger partial charge on any atom is -0.368 e. The monoisotopic (exact) mass is 363 g/mol. The average Bonchev–Trinajstić information content (AvgIpc) is 3.19. The van der Waals surface area contributed by atoms with Gasteiger partial charge in [-0.15, -0.1) is 0 Å². The molecule has 1 unspecified atom stereocenters. The van der Waals surface area contributed by atoms with E-state index in [1.807, 2.05) is 13.8 Å². The van der Waals surface area contributed by atoms with Crippen LogP contribution in [0.4, 0.5) is 10.2 Å². The van der Waals surface area contributed by atoms with Crippen LogP contribution >= 0.6 is 11.5 Å². The molecule has 9 heteroatoms. The fourth-order valence-electron chi connectivity index (χ4n) is 2.77. The van der Waals surface area contributed by atoms with E-state index in [0.717, 1.165) is 11.5 Å². The predicted octanol–water partition coefficient (Wildman–Crippen LogP) is 1.90. The molecule has 2 aromatic heterocycles. The zero-order chi connectivity index (χ0) is 18.1. The van der Waals surface area contributed by atoms with Gasteiger partial charge >= 0.3 is 0 Å². The Balaban J connectivity index is 2.07. The molecule has 0 spiro atoms. The maximum absolute atomic E-state index is 14.8. The maximum Gasteiger partial charge on any atom is 0.254 e. The van der Waals surface area contributed by atoms with Gasteiger partial charge in [0.2, 0.25) is 5.91 Å². The number of fused-ring (bicyclic) bond motifs is 1. The van der Waals surface area contributed by atoms with Crippen LogP contribution in [-0.2, 0) is 11.3 Å². The zero-order valence-corrected chi connectivity index (χ0v) is 14.6. The summed E-state index contributed by atoms with van der Waals surface area (Å²) >= 11 is 1.16. The molecule has 0 fully saturated rings. The number of hydrogen-bond acceptors (Lipinski definition) is 6. The van der Waals surface area contributed by atoms with Crippen LogP contribution in [0.15, 0.2) is 12.3 Å². The Hall–Kier alpha value is -2.55. The molecule has 3 heterocycles. The summed E-state index contributed by atoms with van der Waals surface area (Å²) in [5.41, 5.74) is 6.22. The number of primary amides is 1. The molecule has 0 bridgehead atoms. The van der Waals surface area contributed by atoms with Crippen molar-refractivity contribution in [3.8, 4) is 10.6 Å². The van der Waals surface area contributed by atoms with Crippen LogP contribution in [0.3, 0.4) is 0 Å². The number of amides is 2. The van der Waals surface area contributed by atoms with Crippen LogP contribution in [-0.4, -0.2) is 27.2 Å². The Labute approximate surface area is 148 Å². The molecule has 1 aliphatic rings. The number of carbonyl (C=O) groups is 2. The van der Waals surface area contributed by atoms with Crippen molar-refractivity contribution in [2.45, 2.75) is 32.9 Å². The second-order valence-electron chi connectivity index (χ2n) is 6.26. The van der Waals surface area contributed by atoms with Gasteiger partial charge in [-0.2, -0.15) is 0 Å². The third-order valence-electron chi connectivity index (χ3n) is 3.92. The summed E-state index contributed by atoms with van der Waals surface area (Å²) in [6.45, 7) is 3.96. The van der Waals surface area contributed by atoms with Crippen LogP contribution < -0.4 is 16.4 Å². The minimum absolute atomic E-state index is 0.0778. The number of carbonyl (C=O) groups excluding carboxylic acids is 2. The van der Waals surface area contributed by atoms with Crippen LogP contribution in [0.2, 0.25) is 0 Å². The Morgan fingerprint density at radius 1 is 1.52 bits per heavy atom. The van der Waals surface area contributed by atoms with E-state index in [1.165, 1.54) is 0 Å². The third kappa shape index (κ3) is 3.32. The predicted molar refractivity (Wildman–Crippen MR) is 92.5 cm³/mol. The van der Waals surface area contributed by atoms with E-state index in [0.29, 0.717) is 17.0 Å². The van der Waals surface area contributed by atoms with Crippen molar-refractivity contribution < 1.29 is 14.0 Å².